The summed E-state index contributed by atoms with van der Waals surface area (Å²) < 4.78 is 0. The van der Waals surface area contributed by atoms with Gasteiger partial charge in [-0.15, -0.1) is 0 Å². The van der Waals surface area contributed by atoms with E-state index in [1.54, 1.807) is 0 Å². The number of unbranched alkanes of at least 4 members (excludes halogenated alkanes) is 8. The van der Waals surface area contributed by atoms with Crippen LogP contribution in [0, 0.1) is 0 Å². The smallest absolute Gasteiger partial charge is 0.111 e. The lowest BCUT2D eigenvalue weighted by molar-refractivity contribution is 0.566. The van der Waals surface area contributed by atoms with Gasteiger partial charge >= 0.3 is 0 Å². The third-order valence-corrected chi connectivity index (χ3v) is 4.35. The molecule has 118 valence electrons. The van der Waals surface area contributed by atoms with Crippen LogP contribution in [0.15, 0.2) is 4.99 Å². The number of nitrogens with one attached hydrogen (secondary N) is 1. The van der Waals surface area contributed by atoms with E-state index in [1.807, 2.05) is 0 Å². The Hall–Kier alpha value is -0.570. The molecule has 0 atom stereocenters. The van der Waals surface area contributed by atoms with Crippen molar-refractivity contribution in [3.05, 3.63) is 0 Å². The molecule has 1 rings (SSSR count). The zero-order chi connectivity index (χ0) is 14.5. The Morgan fingerprint density at radius 3 is 2.05 bits per heavy atom. The summed E-state index contributed by atoms with van der Waals surface area (Å²) in [4.78, 5) is 4.74. The van der Waals surface area contributed by atoms with Gasteiger partial charge in [-0.3, -0.25) is 4.99 Å². The minimum absolute atomic E-state index is 0.541. The number of nitrogens with zero attached hydrogens (tertiary/aromatic N) is 1. The molecular formula is C17H35N3. The van der Waals surface area contributed by atoms with Crippen LogP contribution in [-0.4, -0.2) is 11.9 Å². The fraction of sp³-hybridized carbons (Fsp3) is 0.941. The first-order chi connectivity index (χ1) is 9.86. The second-order valence-corrected chi connectivity index (χ2v) is 6.24. The van der Waals surface area contributed by atoms with Crippen molar-refractivity contribution < 1.29 is 0 Å². The van der Waals surface area contributed by atoms with Crippen molar-refractivity contribution in [1.82, 2.24) is 5.43 Å². The lowest BCUT2D eigenvalue weighted by Crippen LogP contribution is -2.31. The fourth-order valence-electron chi connectivity index (χ4n) is 3.03. The van der Waals surface area contributed by atoms with Gasteiger partial charge in [0.15, 0.2) is 0 Å². The molecular weight excluding hydrogens is 246 g/mol. The van der Waals surface area contributed by atoms with Crippen molar-refractivity contribution >= 4 is 5.84 Å². The molecule has 3 N–H and O–H groups in total. The van der Waals surface area contributed by atoms with Gasteiger partial charge in [0.2, 0.25) is 0 Å². The minimum atomic E-state index is 0.541. The summed E-state index contributed by atoms with van der Waals surface area (Å²) >= 11 is 0. The third kappa shape index (κ3) is 8.57. The number of amidine groups is 1. The largest absolute Gasteiger partial charge is 0.312 e. The molecule has 0 amide bonds. The van der Waals surface area contributed by atoms with E-state index in [9.17, 15) is 0 Å². The second kappa shape index (κ2) is 12.2. The van der Waals surface area contributed by atoms with Crippen LogP contribution >= 0.6 is 0 Å². The summed E-state index contributed by atoms with van der Waals surface area (Å²) in [5, 5.41) is 0. The zero-order valence-corrected chi connectivity index (χ0v) is 13.5. The molecule has 0 radical (unpaired) electrons. The highest BCUT2D eigenvalue weighted by molar-refractivity contribution is 5.81. The molecule has 1 fully saturated rings. The van der Waals surface area contributed by atoms with Gasteiger partial charge in [-0.1, -0.05) is 71.1 Å². The molecule has 0 heterocycles. The Morgan fingerprint density at radius 1 is 0.950 bits per heavy atom. The maximum atomic E-state index is 5.58. The van der Waals surface area contributed by atoms with Gasteiger partial charge in [-0.05, 0) is 19.3 Å². The number of nitrogens with two attached hydrogens (primary N) is 1. The molecule has 0 unspecified atom stereocenters. The summed E-state index contributed by atoms with van der Waals surface area (Å²) in [5.41, 5.74) is 2.80. The number of rotatable bonds is 11. The standard InChI is InChI=1S/C17H35N3/c1-2-3-4-5-6-7-8-9-10-15-17(20-18)19-16-13-11-12-14-16/h16H,2-15,18H2,1H3,(H,19,20). The molecule has 1 aliphatic rings. The molecule has 0 aliphatic heterocycles. The molecule has 0 saturated heterocycles. The van der Waals surface area contributed by atoms with E-state index < -0.39 is 0 Å². The highest BCUT2D eigenvalue weighted by atomic mass is 15.3. The van der Waals surface area contributed by atoms with Gasteiger partial charge in [0.1, 0.15) is 5.84 Å². The number of hydrogen-bond donors (Lipinski definition) is 2. The Kier molecular flexibility index (Phi) is 10.7. The van der Waals surface area contributed by atoms with Gasteiger partial charge < -0.3 is 5.43 Å². The predicted molar refractivity (Wildman–Crippen MR) is 88.9 cm³/mol. The lowest BCUT2D eigenvalue weighted by Gasteiger charge is -2.09. The number of hydrogen-bond acceptors (Lipinski definition) is 2. The van der Waals surface area contributed by atoms with Gasteiger partial charge in [0, 0.05) is 6.42 Å². The molecule has 3 nitrogen and oxygen atoms in total. The predicted octanol–water partition coefficient (Wildman–Crippen LogP) is 4.71. The molecule has 0 aromatic carbocycles. The highest BCUT2D eigenvalue weighted by Gasteiger charge is 2.14. The van der Waals surface area contributed by atoms with Gasteiger partial charge in [0.05, 0.1) is 6.04 Å². The Morgan fingerprint density at radius 2 is 1.50 bits per heavy atom. The third-order valence-electron chi connectivity index (χ3n) is 4.35. The molecule has 3 heteroatoms. The monoisotopic (exact) mass is 281 g/mol. The first-order valence-electron chi connectivity index (χ1n) is 8.90. The van der Waals surface area contributed by atoms with Gasteiger partial charge in [-0.2, -0.15) is 0 Å². The Bertz CT molecular complexity index is 245. The van der Waals surface area contributed by atoms with Crippen molar-refractivity contribution in [2.24, 2.45) is 10.8 Å². The van der Waals surface area contributed by atoms with E-state index in [0.717, 1.165) is 12.3 Å². The Balaban J connectivity index is 1.96. The van der Waals surface area contributed by atoms with Crippen LogP contribution in [0.3, 0.4) is 0 Å². The van der Waals surface area contributed by atoms with Crippen LogP contribution in [0.25, 0.3) is 0 Å². The first-order valence-corrected chi connectivity index (χ1v) is 8.90. The maximum Gasteiger partial charge on any atom is 0.111 e. The van der Waals surface area contributed by atoms with Crippen LogP contribution < -0.4 is 11.3 Å². The summed E-state index contributed by atoms with van der Waals surface area (Å²) in [6.07, 6.45) is 18.5. The highest BCUT2D eigenvalue weighted by Crippen LogP contribution is 2.21. The van der Waals surface area contributed by atoms with Gasteiger partial charge in [-0.25, -0.2) is 5.84 Å². The maximum absolute atomic E-state index is 5.58. The van der Waals surface area contributed by atoms with Crippen molar-refractivity contribution in [1.29, 1.82) is 0 Å². The average Bonchev–Trinajstić information content (AvgIpc) is 2.97. The molecule has 0 spiro atoms. The van der Waals surface area contributed by atoms with Crippen LogP contribution in [-0.2, 0) is 0 Å². The van der Waals surface area contributed by atoms with E-state index in [-0.39, 0.29) is 0 Å². The minimum Gasteiger partial charge on any atom is -0.312 e. The molecule has 1 aliphatic carbocycles. The lowest BCUT2D eigenvalue weighted by atomic mass is 10.1. The van der Waals surface area contributed by atoms with Crippen molar-refractivity contribution in [2.75, 3.05) is 0 Å². The molecule has 0 bridgehead atoms. The normalized spacial score (nSPS) is 16.8. The first kappa shape index (κ1) is 17.5. The quantitative estimate of drug-likeness (QED) is 0.189. The SMILES string of the molecule is CCCCCCCCCCCC(=NC1CCCC1)NN. The second-order valence-electron chi connectivity index (χ2n) is 6.24. The van der Waals surface area contributed by atoms with Crippen LogP contribution in [0.4, 0.5) is 0 Å². The summed E-state index contributed by atoms with van der Waals surface area (Å²) in [5.74, 6) is 6.61. The van der Waals surface area contributed by atoms with Crippen LogP contribution in [0.5, 0.6) is 0 Å². The zero-order valence-electron chi connectivity index (χ0n) is 13.5. The van der Waals surface area contributed by atoms with E-state index >= 15 is 0 Å². The van der Waals surface area contributed by atoms with E-state index in [1.165, 1.54) is 83.5 Å². The Labute approximate surface area is 125 Å². The summed E-state index contributed by atoms with van der Waals surface area (Å²) in [7, 11) is 0. The van der Waals surface area contributed by atoms with Crippen LogP contribution in [0.1, 0.15) is 96.8 Å². The summed E-state index contributed by atoms with van der Waals surface area (Å²) in [6.45, 7) is 2.27. The topological polar surface area (TPSA) is 50.4 Å². The van der Waals surface area contributed by atoms with Crippen molar-refractivity contribution in [2.45, 2.75) is 103 Å². The molecule has 0 aromatic rings. The molecule has 20 heavy (non-hydrogen) atoms. The fourth-order valence-corrected chi connectivity index (χ4v) is 3.03. The van der Waals surface area contributed by atoms with Crippen molar-refractivity contribution in [3.63, 3.8) is 0 Å². The van der Waals surface area contributed by atoms with E-state index in [0.29, 0.717) is 6.04 Å². The number of hydrazine groups is 1. The van der Waals surface area contributed by atoms with E-state index in [4.69, 9.17) is 10.8 Å². The summed E-state index contributed by atoms with van der Waals surface area (Å²) in [6, 6.07) is 0.541. The van der Waals surface area contributed by atoms with Crippen molar-refractivity contribution in [3.8, 4) is 0 Å². The molecule has 0 aromatic heterocycles. The van der Waals surface area contributed by atoms with Crippen LogP contribution in [0.2, 0.25) is 0 Å². The molecule has 1 saturated carbocycles. The average molecular weight is 281 g/mol. The van der Waals surface area contributed by atoms with Gasteiger partial charge in [0.25, 0.3) is 0 Å². The van der Waals surface area contributed by atoms with E-state index in [2.05, 4.69) is 12.3 Å². The number of aliphatic imine (C=N–C) groups is 1.